The van der Waals surface area contributed by atoms with E-state index < -0.39 is 6.10 Å². The van der Waals surface area contributed by atoms with Crippen molar-refractivity contribution < 1.29 is 19.0 Å². The molecular formula is C21H22N2O4. The van der Waals surface area contributed by atoms with Gasteiger partial charge in [-0.15, -0.1) is 0 Å². The fraction of sp³-hybridized carbons (Fsp3) is 0.429. The number of para-hydroxylation sites is 1. The van der Waals surface area contributed by atoms with Gasteiger partial charge in [0.1, 0.15) is 17.5 Å². The van der Waals surface area contributed by atoms with Crippen LogP contribution in [0.1, 0.15) is 18.4 Å². The minimum Gasteiger partial charge on any atom is -0.480 e. The first-order chi connectivity index (χ1) is 13.2. The zero-order valence-corrected chi connectivity index (χ0v) is 15.0. The highest BCUT2D eigenvalue weighted by molar-refractivity contribution is 5.83. The van der Waals surface area contributed by atoms with Gasteiger partial charge in [0.15, 0.2) is 6.10 Å². The largest absolute Gasteiger partial charge is 0.480 e. The van der Waals surface area contributed by atoms with Crippen LogP contribution in [0.2, 0.25) is 0 Å². The molecule has 0 bridgehead atoms. The third-order valence-corrected chi connectivity index (χ3v) is 5.57. The van der Waals surface area contributed by atoms with Crippen molar-refractivity contribution in [3.05, 3.63) is 54.2 Å². The van der Waals surface area contributed by atoms with Crippen LogP contribution >= 0.6 is 0 Å². The Morgan fingerprint density at radius 2 is 2.04 bits per heavy atom. The standard InChI is InChI=1S/C21H22N2O4/c24-20(18-11-15-5-1-2-6-17(15)27-18)23-13-21(14-23)12-16(8-10-25-21)26-19-7-3-4-9-22-19/h1-7,9,16,18H,8,10-14H2/t16-,18+/m1/s1. The maximum absolute atomic E-state index is 12.8. The molecule has 0 saturated carbocycles. The van der Waals surface area contributed by atoms with Crippen molar-refractivity contribution in [2.45, 2.75) is 37.1 Å². The van der Waals surface area contributed by atoms with Gasteiger partial charge in [0.05, 0.1) is 19.7 Å². The lowest BCUT2D eigenvalue weighted by Crippen LogP contribution is -2.69. The fourth-order valence-electron chi connectivity index (χ4n) is 4.22. The average Bonchev–Trinajstić information content (AvgIpc) is 3.11. The summed E-state index contributed by atoms with van der Waals surface area (Å²) >= 11 is 0. The lowest BCUT2D eigenvalue weighted by Gasteiger charge is -2.53. The van der Waals surface area contributed by atoms with Crippen molar-refractivity contribution in [2.24, 2.45) is 0 Å². The van der Waals surface area contributed by atoms with Crippen molar-refractivity contribution in [3.8, 4) is 11.6 Å². The van der Waals surface area contributed by atoms with Crippen molar-refractivity contribution in [1.29, 1.82) is 0 Å². The van der Waals surface area contributed by atoms with Crippen LogP contribution in [-0.2, 0) is 16.0 Å². The molecule has 6 heteroatoms. The summed E-state index contributed by atoms with van der Waals surface area (Å²) in [5.41, 5.74) is 0.808. The summed E-state index contributed by atoms with van der Waals surface area (Å²) in [6.45, 7) is 1.85. The van der Waals surface area contributed by atoms with E-state index in [1.54, 1.807) is 6.20 Å². The lowest BCUT2D eigenvalue weighted by atomic mass is 9.84. The number of rotatable bonds is 3. The second-order valence-electron chi connectivity index (χ2n) is 7.54. The second-order valence-corrected chi connectivity index (χ2v) is 7.54. The Hall–Kier alpha value is -2.60. The number of likely N-dealkylation sites (tertiary alicyclic amines) is 1. The molecule has 5 rings (SSSR count). The Labute approximate surface area is 158 Å². The van der Waals surface area contributed by atoms with E-state index in [-0.39, 0.29) is 17.6 Å². The Balaban J connectivity index is 1.18. The Morgan fingerprint density at radius 3 is 2.85 bits per heavy atom. The molecule has 4 heterocycles. The van der Waals surface area contributed by atoms with E-state index in [1.807, 2.05) is 47.4 Å². The zero-order valence-electron chi connectivity index (χ0n) is 15.0. The number of fused-ring (bicyclic) bond motifs is 1. The number of hydrogen-bond acceptors (Lipinski definition) is 5. The third-order valence-electron chi connectivity index (χ3n) is 5.57. The first-order valence-electron chi connectivity index (χ1n) is 9.46. The normalized spacial score (nSPS) is 25.4. The molecule has 2 fully saturated rings. The molecule has 140 valence electrons. The third kappa shape index (κ3) is 3.14. The number of amides is 1. The van der Waals surface area contributed by atoms with Gasteiger partial charge in [-0.3, -0.25) is 4.79 Å². The van der Waals surface area contributed by atoms with Gasteiger partial charge in [0.2, 0.25) is 5.88 Å². The van der Waals surface area contributed by atoms with Crippen LogP contribution in [-0.4, -0.2) is 53.3 Å². The maximum atomic E-state index is 12.8. The van der Waals surface area contributed by atoms with E-state index in [0.29, 0.717) is 32.0 Å². The van der Waals surface area contributed by atoms with Crippen LogP contribution in [0.3, 0.4) is 0 Å². The molecule has 1 spiro atoms. The molecule has 27 heavy (non-hydrogen) atoms. The monoisotopic (exact) mass is 366 g/mol. The van der Waals surface area contributed by atoms with Gasteiger partial charge in [-0.05, 0) is 17.7 Å². The van der Waals surface area contributed by atoms with Gasteiger partial charge in [0, 0.05) is 31.5 Å². The van der Waals surface area contributed by atoms with Crippen LogP contribution in [0.4, 0.5) is 0 Å². The number of ether oxygens (including phenoxy) is 3. The number of nitrogens with zero attached hydrogens (tertiary/aromatic N) is 2. The van der Waals surface area contributed by atoms with Gasteiger partial charge >= 0.3 is 0 Å². The van der Waals surface area contributed by atoms with Crippen molar-refractivity contribution in [1.82, 2.24) is 9.88 Å². The van der Waals surface area contributed by atoms with Gasteiger partial charge in [-0.25, -0.2) is 4.98 Å². The molecule has 1 aromatic carbocycles. The molecule has 3 aliphatic heterocycles. The molecule has 1 aromatic heterocycles. The van der Waals surface area contributed by atoms with Crippen LogP contribution in [0, 0.1) is 0 Å². The summed E-state index contributed by atoms with van der Waals surface area (Å²) in [4.78, 5) is 18.9. The number of benzene rings is 1. The van der Waals surface area contributed by atoms with E-state index in [2.05, 4.69) is 4.98 Å². The van der Waals surface area contributed by atoms with Crippen LogP contribution in [0.25, 0.3) is 0 Å². The molecular weight excluding hydrogens is 344 g/mol. The molecule has 0 unspecified atom stereocenters. The first-order valence-corrected chi connectivity index (χ1v) is 9.46. The van der Waals surface area contributed by atoms with Gasteiger partial charge < -0.3 is 19.1 Å². The zero-order chi connectivity index (χ0) is 18.3. The predicted molar refractivity (Wildman–Crippen MR) is 97.7 cm³/mol. The summed E-state index contributed by atoms with van der Waals surface area (Å²) in [5.74, 6) is 1.51. The maximum Gasteiger partial charge on any atom is 0.264 e. The SMILES string of the molecule is O=C([C@@H]1Cc2ccccc2O1)N1CC2(C[C@H](Oc3ccccn3)CCO2)C1. The summed E-state index contributed by atoms with van der Waals surface area (Å²) < 4.78 is 17.9. The highest BCUT2D eigenvalue weighted by Crippen LogP contribution is 2.37. The Kier molecular flexibility index (Phi) is 4.01. The summed E-state index contributed by atoms with van der Waals surface area (Å²) in [7, 11) is 0. The van der Waals surface area contributed by atoms with Crippen LogP contribution in [0.5, 0.6) is 11.6 Å². The summed E-state index contributed by atoms with van der Waals surface area (Å²) in [5, 5.41) is 0. The number of pyridine rings is 1. The minimum absolute atomic E-state index is 0.0493. The van der Waals surface area contributed by atoms with Crippen LogP contribution < -0.4 is 9.47 Å². The van der Waals surface area contributed by atoms with E-state index in [9.17, 15) is 4.79 Å². The van der Waals surface area contributed by atoms with E-state index >= 15 is 0 Å². The molecule has 6 nitrogen and oxygen atoms in total. The van der Waals surface area contributed by atoms with E-state index in [1.165, 1.54) is 0 Å². The summed E-state index contributed by atoms with van der Waals surface area (Å²) in [6.07, 6.45) is 3.65. The minimum atomic E-state index is -0.413. The molecule has 2 atom stereocenters. The quantitative estimate of drug-likeness (QED) is 0.834. The van der Waals surface area contributed by atoms with Crippen molar-refractivity contribution in [2.75, 3.05) is 19.7 Å². The molecule has 0 radical (unpaired) electrons. The van der Waals surface area contributed by atoms with Crippen molar-refractivity contribution in [3.63, 3.8) is 0 Å². The first kappa shape index (κ1) is 16.6. The second kappa shape index (κ2) is 6.53. The lowest BCUT2D eigenvalue weighted by molar-refractivity contribution is -0.196. The van der Waals surface area contributed by atoms with Crippen molar-refractivity contribution >= 4 is 5.91 Å². The molecule has 2 saturated heterocycles. The molecule has 3 aliphatic rings. The Morgan fingerprint density at radius 1 is 1.19 bits per heavy atom. The fourth-order valence-corrected chi connectivity index (χ4v) is 4.22. The number of carbonyl (C=O) groups excluding carboxylic acids is 1. The van der Waals surface area contributed by atoms with Gasteiger partial charge in [0.25, 0.3) is 5.91 Å². The van der Waals surface area contributed by atoms with E-state index in [0.717, 1.165) is 24.2 Å². The highest BCUT2D eigenvalue weighted by Gasteiger charge is 2.51. The Bertz CT molecular complexity index is 810. The molecule has 2 aromatic rings. The highest BCUT2D eigenvalue weighted by atomic mass is 16.5. The van der Waals surface area contributed by atoms with Gasteiger partial charge in [-0.2, -0.15) is 0 Å². The molecule has 1 amide bonds. The summed E-state index contributed by atoms with van der Waals surface area (Å²) in [6, 6.07) is 13.5. The molecule has 0 aliphatic carbocycles. The smallest absolute Gasteiger partial charge is 0.264 e. The number of carbonyl (C=O) groups is 1. The van der Waals surface area contributed by atoms with Gasteiger partial charge in [-0.1, -0.05) is 24.3 Å². The average molecular weight is 366 g/mol. The van der Waals surface area contributed by atoms with E-state index in [4.69, 9.17) is 14.2 Å². The topological polar surface area (TPSA) is 60.9 Å². The predicted octanol–water partition coefficient (Wildman–Crippen LogP) is 2.22. The number of hydrogen-bond donors (Lipinski definition) is 0. The van der Waals surface area contributed by atoms with Crippen LogP contribution in [0.15, 0.2) is 48.7 Å². The molecule has 0 N–H and O–H groups in total. The number of aromatic nitrogens is 1.